The normalized spacial score (nSPS) is 9.41. The number of nitrogens with one attached hydrogen (secondary N) is 4. The van der Waals surface area contributed by atoms with Crippen LogP contribution in [-0.4, -0.2) is 18.3 Å². The maximum atomic E-state index is 4.28. The summed E-state index contributed by atoms with van der Waals surface area (Å²) in [5.41, 5.74) is 16.6. The SMILES string of the molecule is SC([SH2+])=[N+](Nc1ccccc1)Nc1ccccc1.SC([SH2+])=[N+](Nc1ccccc1)Nc1ccccc1.[Pt+2]. The van der Waals surface area contributed by atoms with Gasteiger partial charge in [-0.2, -0.15) is 0 Å². The molecule has 4 N–H and O–H groups in total. The van der Waals surface area contributed by atoms with Crippen LogP contribution in [0.3, 0.4) is 0 Å². The number of nitrogens with zero attached hydrogens (tertiary/aromatic N) is 2. The van der Waals surface area contributed by atoms with Crippen molar-refractivity contribution < 1.29 is 30.7 Å². The molecule has 0 radical (unpaired) electrons. The van der Waals surface area contributed by atoms with Crippen molar-refractivity contribution in [3.63, 3.8) is 0 Å². The number of benzene rings is 4. The predicted molar refractivity (Wildman–Crippen MR) is 169 cm³/mol. The van der Waals surface area contributed by atoms with Gasteiger partial charge in [0.15, 0.2) is 0 Å². The van der Waals surface area contributed by atoms with E-state index in [9.17, 15) is 0 Å². The zero-order valence-corrected chi connectivity index (χ0v) is 25.7. The van der Waals surface area contributed by atoms with Crippen molar-refractivity contribution in [2.45, 2.75) is 0 Å². The number of hydrazine groups is 4. The molecule has 0 amide bonds. The van der Waals surface area contributed by atoms with E-state index in [0.29, 0.717) is 8.75 Å². The second-order valence-corrected chi connectivity index (χ2v) is 9.87. The van der Waals surface area contributed by atoms with Crippen LogP contribution in [0.4, 0.5) is 22.7 Å². The Bertz CT molecular complexity index is 1070. The minimum Gasteiger partial charge on any atom is -0.133 e. The molecule has 0 aliphatic carbocycles. The molecular formula is C26H30N6PtS4+6. The fraction of sp³-hybridized carbons (Fsp3) is 0. The molecule has 4 aromatic rings. The summed E-state index contributed by atoms with van der Waals surface area (Å²) in [6.45, 7) is 0. The molecule has 4 rings (SSSR count). The Morgan fingerprint density at radius 3 is 0.784 bits per heavy atom. The summed E-state index contributed by atoms with van der Waals surface area (Å²) in [4.78, 5) is 3.37. The number of hydrazone groups is 4. The minimum atomic E-state index is 0. The van der Waals surface area contributed by atoms with Crippen LogP contribution in [0.2, 0.25) is 0 Å². The zero-order chi connectivity index (χ0) is 25.6. The molecule has 11 heteroatoms. The van der Waals surface area contributed by atoms with Crippen LogP contribution in [0.5, 0.6) is 0 Å². The molecule has 37 heavy (non-hydrogen) atoms. The third-order valence-corrected chi connectivity index (χ3v) is 5.33. The van der Waals surface area contributed by atoms with Gasteiger partial charge in [-0.05, 0) is 73.8 Å². The Balaban J connectivity index is 0.000000253. The molecule has 0 saturated heterocycles. The first-order chi connectivity index (χ1) is 17.5. The average molecular weight is 750 g/mol. The summed E-state index contributed by atoms with van der Waals surface area (Å²) in [5.74, 6) is 0. The Labute approximate surface area is 254 Å². The van der Waals surface area contributed by atoms with Gasteiger partial charge in [0.05, 0.1) is 57.6 Å². The largest absolute Gasteiger partial charge is 2.00 e. The minimum absolute atomic E-state index is 0. The van der Waals surface area contributed by atoms with E-state index in [4.69, 9.17) is 0 Å². The van der Waals surface area contributed by atoms with Gasteiger partial charge in [-0.15, -0.1) is 21.7 Å². The smallest absolute Gasteiger partial charge is 0.133 e. The van der Waals surface area contributed by atoms with Crippen LogP contribution in [0, 0.1) is 0 Å². The summed E-state index contributed by atoms with van der Waals surface area (Å²) < 4.78 is 1.26. The van der Waals surface area contributed by atoms with Crippen molar-refractivity contribution in [2.24, 2.45) is 0 Å². The van der Waals surface area contributed by atoms with E-state index in [-0.39, 0.29) is 21.1 Å². The van der Waals surface area contributed by atoms with Crippen molar-refractivity contribution in [3.8, 4) is 0 Å². The molecule has 0 saturated carbocycles. The van der Waals surface area contributed by atoms with Crippen molar-refractivity contribution in [2.75, 3.05) is 21.7 Å². The Hall–Kier alpha value is -2.49. The van der Waals surface area contributed by atoms with Gasteiger partial charge in [0, 0.05) is 0 Å². The summed E-state index contributed by atoms with van der Waals surface area (Å²) in [6.07, 6.45) is 0. The van der Waals surface area contributed by atoms with Gasteiger partial charge < -0.3 is 0 Å². The number of hydrogen-bond acceptors (Lipinski definition) is 4. The van der Waals surface area contributed by atoms with Gasteiger partial charge in [-0.25, -0.2) is 0 Å². The third-order valence-electron chi connectivity index (χ3n) is 4.48. The Morgan fingerprint density at radius 2 is 0.622 bits per heavy atom. The molecule has 0 fully saturated rings. The maximum Gasteiger partial charge on any atom is 2.00 e. The van der Waals surface area contributed by atoms with Gasteiger partial charge >= 0.3 is 29.8 Å². The van der Waals surface area contributed by atoms with Crippen LogP contribution < -0.4 is 21.7 Å². The van der Waals surface area contributed by atoms with Gasteiger partial charge in [0.2, 0.25) is 0 Å². The number of rotatable bonds is 8. The Kier molecular flexibility index (Phi) is 14.2. The van der Waals surface area contributed by atoms with Crippen molar-refractivity contribution >= 4 is 82.0 Å². The van der Waals surface area contributed by atoms with E-state index >= 15 is 0 Å². The third kappa shape index (κ3) is 11.6. The van der Waals surface area contributed by atoms with E-state index in [1.54, 1.807) is 9.59 Å². The molecule has 4 aromatic carbocycles. The van der Waals surface area contributed by atoms with Crippen molar-refractivity contribution in [3.05, 3.63) is 121 Å². The van der Waals surface area contributed by atoms with Crippen molar-refractivity contribution in [1.82, 2.24) is 0 Å². The molecule has 0 unspecified atom stereocenters. The van der Waals surface area contributed by atoms with Crippen LogP contribution in [0.15, 0.2) is 121 Å². The van der Waals surface area contributed by atoms with E-state index in [0.717, 1.165) is 22.7 Å². The Morgan fingerprint density at radius 1 is 0.432 bits per heavy atom. The molecule has 6 nitrogen and oxygen atoms in total. The maximum absolute atomic E-state index is 4.28. The summed E-state index contributed by atoms with van der Waals surface area (Å²) >= 11 is 15.4. The molecule has 0 aromatic heterocycles. The number of anilines is 4. The average Bonchev–Trinajstić information content (AvgIpc) is 2.91. The molecule has 0 bridgehead atoms. The zero-order valence-electron chi connectivity index (χ0n) is 19.7. The van der Waals surface area contributed by atoms with Gasteiger partial charge in [-0.1, -0.05) is 72.8 Å². The topological polar surface area (TPSA) is 54.1 Å². The van der Waals surface area contributed by atoms with Gasteiger partial charge in [-0.3, -0.25) is 0 Å². The molecule has 0 aliphatic rings. The molecule has 0 atom stereocenters. The first-order valence-corrected chi connectivity index (χ1v) is 12.8. The number of thiol groups is 2. The van der Waals surface area contributed by atoms with Gasteiger partial charge in [0.1, 0.15) is 0 Å². The summed E-state index contributed by atoms with van der Waals surface area (Å²) in [7, 11) is 0. The first-order valence-electron chi connectivity index (χ1n) is 10.9. The van der Waals surface area contributed by atoms with Crippen LogP contribution in [-0.2, 0) is 46.3 Å². The number of hydrogen-bond donors (Lipinski definition) is 6. The van der Waals surface area contributed by atoms with Crippen molar-refractivity contribution in [1.29, 1.82) is 0 Å². The van der Waals surface area contributed by atoms with E-state index < -0.39 is 0 Å². The summed E-state index contributed by atoms with van der Waals surface area (Å²) in [5, 5.41) is 0. The fourth-order valence-corrected chi connectivity index (χ4v) is 3.26. The standard InChI is InChI=1S/2C13H13N3S2.Pt/c2*17-13(18)16(14-11-7-3-1-4-8-11)15-12-9-5-2-6-10-12;/h2*1-10,14-15H,(H,17,18);/q;;+2/p+4. The quantitative estimate of drug-likeness (QED) is 0.0396. The van der Waals surface area contributed by atoms with E-state index in [1.807, 2.05) is 121 Å². The fourth-order valence-electron chi connectivity index (χ4n) is 2.83. The molecule has 0 heterocycles. The van der Waals surface area contributed by atoms with Crippen LogP contribution >= 0.6 is 25.3 Å². The molecular weight excluding hydrogens is 720 g/mol. The predicted octanol–water partition coefficient (Wildman–Crippen LogP) is 4.70. The summed E-state index contributed by atoms with van der Waals surface area (Å²) in [6, 6.07) is 39.4. The van der Waals surface area contributed by atoms with E-state index in [1.165, 1.54) is 0 Å². The monoisotopic (exact) mass is 749 g/mol. The van der Waals surface area contributed by atoms with Crippen LogP contribution in [0.1, 0.15) is 0 Å². The first kappa shape index (κ1) is 30.7. The van der Waals surface area contributed by atoms with Gasteiger partial charge in [0.25, 0.3) is 0 Å². The van der Waals surface area contributed by atoms with Crippen LogP contribution in [0.25, 0.3) is 0 Å². The van der Waals surface area contributed by atoms with E-state index in [2.05, 4.69) is 72.2 Å². The molecule has 0 aliphatic heterocycles. The second kappa shape index (κ2) is 17.1. The molecule has 192 valence electrons. The second-order valence-electron chi connectivity index (χ2n) is 7.23. The molecule has 0 spiro atoms. The number of para-hydroxylation sites is 4.